The molecule has 0 saturated carbocycles. The van der Waals surface area contributed by atoms with Crippen LogP contribution in [0, 0.1) is 0 Å². The zero-order valence-electron chi connectivity index (χ0n) is 6.78. The molecule has 0 amide bonds. The molecule has 0 bridgehead atoms. The maximum absolute atomic E-state index is 8.54. The minimum Gasteiger partial charge on any atom is -0.325 e. The number of aliphatic imine (C=N–C) groups is 1. The molecule has 4 heteroatoms. The van der Waals surface area contributed by atoms with E-state index in [-0.39, 0.29) is 0 Å². The van der Waals surface area contributed by atoms with Crippen LogP contribution in [0.15, 0.2) is 35.3 Å². The van der Waals surface area contributed by atoms with E-state index in [2.05, 4.69) is 10.3 Å². The summed E-state index contributed by atoms with van der Waals surface area (Å²) in [7, 11) is 1.58. The Kier molecular flexibility index (Phi) is 3.10. The zero-order valence-corrected chi connectivity index (χ0v) is 6.78. The summed E-state index contributed by atoms with van der Waals surface area (Å²) < 4.78 is 0. The fraction of sp³-hybridized carbons (Fsp3) is 0.125. The van der Waals surface area contributed by atoms with E-state index in [1.54, 1.807) is 7.05 Å². The molecule has 0 radical (unpaired) electrons. The average molecular weight is 165 g/mol. The molecule has 0 aromatic heterocycles. The lowest BCUT2D eigenvalue weighted by Crippen LogP contribution is -2.27. The third kappa shape index (κ3) is 2.25. The standard InChI is InChI=1S/C8H11N3O/c1-9-8(11-12)10-7-5-3-2-4-6-7/h2-6,12H,1H3,(H2,9,10,11). The van der Waals surface area contributed by atoms with E-state index in [0.29, 0.717) is 5.96 Å². The number of hydrogen-bond acceptors (Lipinski definition) is 2. The molecule has 1 rings (SSSR count). The summed E-state index contributed by atoms with van der Waals surface area (Å²) in [4.78, 5) is 3.75. The molecule has 0 spiro atoms. The van der Waals surface area contributed by atoms with E-state index >= 15 is 0 Å². The second-order valence-corrected chi connectivity index (χ2v) is 2.18. The van der Waals surface area contributed by atoms with E-state index in [0.717, 1.165) is 5.69 Å². The van der Waals surface area contributed by atoms with Gasteiger partial charge < -0.3 is 5.32 Å². The van der Waals surface area contributed by atoms with E-state index < -0.39 is 0 Å². The van der Waals surface area contributed by atoms with Gasteiger partial charge in [-0.1, -0.05) is 18.2 Å². The number of nitrogens with zero attached hydrogens (tertiary/aromatic N) is 1. The Hall–Kier alpha value is -1.55. The van der Waals surface area contributed by atoms with Crippen LogP contribution in [-0.2, 0) is 0 Å². The highest BCUT2D eigenvalue weighted by molar-refractivity contribution is 5.92. The fourth-order valence-corrected chi connectivity index (χ4v) is 0.792. The molecule has 0 aliphatic carbocycles. The van der Waals surface area contributed by atoms with Crippen LogP contribution < -0.4 is 10.8 Å². The number of nitrogens with one attached hydrogen (secondary N) is 2. The summed E-state index contributed by atoms with van der Waals surface area (Å²) in [6, 6.07) is 9.46. The molecule has 0 aliphatic heterocycles. The first-order chi connectivity index (χ1) is 5.86. The van der Waals surface area contributed by atoms with Crippen molar-refractivity contribution in [1.29, 1.82) is 0 Å². The number of hydroxylamine groups is 1. The summed E-state index contributed by atoms with van der Waals surface area (Å²) in [5.41, 5.74) is 2.81. The van der Waals surface area contributed by atoms with Gasteiger partial charge in [-0.2, -0.15) is 0 Å². The van der Waals surface area contributed by atoms with Gasteiger partial charge >= 0.3 is 0 Å². The molecule has 0 fully saturated rings. The molecule has 1 aromatic rings. The lowest BCUT2D eigenvalue weighted by atomic mass is 10.3. The smallest absolute Gasteiger partial charge is 0.219 e. The molecule has 0 atom stereocenters. The van der Waals surface area contributed by atoms with E-state index in [1.807, 2.05) is 35.8 Å². The van der Waals surface area contributed by atoms with Crippen LogP contribution >= 0.6 is 0 Å². The van der Waals surface area contributed by atoms with Crippen LogP contribution in [0.4, 0.5) is 5.69 Å². The number of para-hydroxylation sites is 1. The van der Waals surface area contributed by atoms with Crippen LogP contribution in [0.2, 0.25) is 0 Å². The second kappa shape index (κ2) is 4.35. The first kappa shape index (κ1) is 8.55. The number of hydrogen-bond donors (Lipinski definition) is 3. The molecule has 0 aliphatic rings. The Labute approximate surface area is 70.9 Å². The van der Waals surface area contributed by atoms with Gasteiger partial charge in [-0.3, -0.25) is 10.2 Å². The van der Waals surface area contributed by atoms with E-state index in [9.17, 15) is 0 Å². The molecule has 0 unspecified atom stereocenters. The first-order valence-corrected chi connectivity index (χ1v) is 3.56. The quantitative estimate of drug-likeness (QED) is 0.331. The SMILES string of the molecule is CN=C(NO)Nc1ccccc1. The lowest BCUT2D eigenvalue weighted by Gasteiger charge is -2.05. The molecule has 4 nitrogen and oxygen atoms in total. The third-order valence-corrected chi connectivity index (χ3v) is 1.37. The van der Waals surface area contributed by atoms with Crippen LogP contribution in [0.1, 0.15) is 0 Å². The average Bonchev–Trinajstić information content (AvgIpc) is 2.16. The lowest BCUT2D eigenvalue weighted by molar-refractivity contribution is 0.234. The monoisotopic (exact) mass is 165 g/mol. The molecule has 64 valence electrons. The van der Waals surface area contributed by atoms with Crippen molar-refractivity contribution in [2.45, 2.75) is 0 Å². The predicted molar refractivity (Wildman–Crippen MR) is 48.3 cm³/mol. The van der Waals surface area contributed by atoms with Crippen LogP contribution in [0.3, 0.4) is 0 Å². The Balaban J connectivity index is 2.64. The number of guanidine groups is 1. The van der Waals surface area contributed by atoms with Gasteiger partial charge in [-0.05, 0) is 12.1 Å². The van der Waals surface area contributed by atoms with Crippen LogP contribution in [0.25, 0.3) is 0 Å². The molecular weight excluding hydrogens is 154 g/mol. The van der Waals surface area contributed by atoms with Gasteiger partial charge in [0.25, 0.3) is 0 Å². The molecule has 0 heterocycles. The maximum atomic E-state index is 8.54. The predicted octanol–water partition coefficient (Wildman–Crippen LogP) is 1.06. The topological polar surface area (TPSA) is 56.7 Å². The van der Waals surface area contributed by atoms with Crippen molar-refractivity contribution < 1.29 is 5.21 Å². The van der Waals surface area contributed by atoms with Gasteiger partial charge in [-0.25, -0.2) is 5.48 Å². The largest absolute Gasteiger partial charge is 0.325 e. The van der Waals surface area contributed by atoms with Crippen molar-refractivity contribution in [3.8, 4) is 0 Å². The Bertz CT molecular complexity index is 258. The van der Waals surface area contributed by atoms with Crippen LogP contribution in [-0.4, -0.2) is 18.2 Å². The van der Waals surface area contributed by atoms with Crippen molar-refractivity contribution in [3.05, 3.63) is 30.3 Å². The summed E-state index contributed by atoms with van der Waals surface area (Å²) in [6.07, 6.45) is 0. The Morgan fingerprint density at radius 3 is 2.50 bits per heavy atom. The zero-order chi connectivity index (χ0) is 8.81. The molecule has 1 aromatic carbocycles. The minimum atomic E-state index is 0.321. The summed E-state index contributed by atoms with van der Waals surface area (Å²) in [5, 5.41) is 11.4. The fourth-order valence-electron chi connectivity index (χ4n) is 0.792. The number of rotatable bonds is 1. The van der Waals surface area contributed by atoms with Crippen molar-refractivity contribution in [1.82, 2.24) is 5.48 Å². The highest BCUT2D eigenvalue weighted by Crippen LogP contribution is 2.03. The summed E-state index contributed by atoms with van der Waals surface area (Å²) in [6.45, 7) is 0. The van der Waals surface area contributed by atoms with Gasteiger partial charge in [0.2, 0.25) is 5.96 Å². The van der Waals surface area contributed by atoms with Crippen molar-refractivity contribution >= 4 is 11.6 Å². The summed E-state index contributed by atoms with van der Waals surface area (Å²) >= 11 is 0. The summed E-state index contributed by atoms with van der Waals surface area (Å²) in [5.74, 6) is 0.321. The van der Waals surface area contributed by atoms with Crippen LogP contribution in [0.5, 0.6) is 0 Å². The first-order valence-electron chi connectivity index (χ1n) is 3.56. The van der Waals surface area contributed by atoms with Crippen molar-refractivity contribution in [2.75, 3.05) is 12.4 Å². The van der Waals surface area contributed by atoms with Gasteiger partial charge in [0, 0.05) is 12.7 Å². The number of anilines is 1. The molecule has 0 saturated heterocycles. The van der Waals surface area contributed by atoms with Gasteiger partial charge in [0.15, 0.2) is 0 Å². The maximum Gasteiger partial charge on any atom is 0.219 e. The second-order valence-electron chi connectivity index (χ2n) is 2.18. The highest BCUT2D eigenvalue weighted by Gasteiger charge is 1.93. The molecule has 12 heavy (non-hydrogen) atoms. The molecule has 3 N–H and O–H groups in total. The van der Waals surface area contributed by atoms with E-state index in [4.69, 9.17) is 5.21 Å². The van der Waals surface area contributed by atoms with Crippen molar-refractivity contribution in [2.24, 2.45) is 4.99 Å². The Morgan fingerprint density at radius 2 is 2.00 bits per heavy atom. The highest BCUT2D eigenvalue weighted by atomic mass is 16.5. The minimum absolute atomic E-state index is 0.321. The van der Waals surface area contributed by atoms with Crippen molar-refractivity contribution in [3.63, 3.8) is 0 Å². The van der Waals surface area contributed by atoms with E-state index in [1.165, 1.54) is 0 Å². The number of benzene rings is 1. The van der Waals surface area contributed by atoms with Gasteiger partial charge in [0.1, 0.15) is 0 Å². The van der Waals surface area contributed by atoms with Gasteiger partial charge in [0.05, 0.1) is 0 Å². The molecular formula is C8H11N3O. The van der Waals surface area contributed by atoms with Gasteiger partial charge in [-0.15, -0.1) is 0 Å². The third-order valence-electron chi connectivity index (χ3n) is 1.37. The normalized spacial score (nSPS) is 11.0. The Morgan fingerprint density at radius 1 is 1.33 bits per heavy atom.